The van der Waals surface area contributed by atoms with Crippen molar-refractivity contribution in [1.82, 2.24) is 0 Å². The van der Waals surface area contributed by atoms with Crippen molar-refractivity contribution >= 4 is 18.6 Å². The maximum absolute atomic E-state index is 11.2. The molecule has 1 N–H and O–H groups in total. The van der Waals surface area contributed by atoms with Crippen LogP contribution >= 0.6 is 12.6 Å². The third-order valence-corrected chi connectivity index (χ3v) is 2.59. The second kappa shape index (κ2) is 5.54. The summed E-state index contributed by atoms with van der Waals surface area (Å²) < 4.78 is 4.54. The summed E-state index contributed by atoms with van der Waals surface area (Å²) in [5.74, 6) is -0.454. The number of benzene rings is 1. The minimum Gasteiger partial charge on any atom is -0.469 e. The van der Waals surface area contributed by atoms with Crippen LogP contribution in [0.1, 0.15) is 16.7 Å². The highest BCUT2D eigenvalue weighted by Crippen LogP contribution is 2.22. The molecule has 0 aromatic heterocycles. The summed E-state index contributed by atoms with van der Waals surface area (Å²) in [7, 11) is 1.28. The molecule has 0 amide bonds. The number of carbonyl (C=O) groups excluding carboxylic acids is 1. The van der Waals surface area contributed by atoms with Gasteiger partial charge in [0.25, 0.3) is 0 Å². The lowest BCUT2D eigenvalue weighted by Crippen LogP contribution is -2.09. The maximum atomic E-state index is 11.2. The smallest absolute Gasteiger partial charge is 0.310 e. The van der Waals surface area contributed by atoms with E-state index in [1.807, 2.05) is 6.07 Å². The van der Waals surface area contributed by atoms with E-state index in [-0.39, 0.29) is 13.0 Å². The summed E-state index contributed by atoms with van der Waals surface area (Å²) >= 11 is 4.13. The number of nitriles is 1. The van der Waals surface area contributed by atoms with Crippen molar-refractivity contribution in [3.63, 3.8) is 0 Å². The molecule has 0 saturated heterocycles. The van der Waals surface area contributed by atoms with Crippen molar-refractivity contribution < 1.29 is 14.6 Å². The number of rotatable bonds is 3. The molecule has 0 fully saturated rings. The molecule has 16 heavy (non-hydrogen) atoms. The lowest BCUT2D eigenvalue weighted by Gasteiger charge is -2.10. The highest BCUT2D eigenvalue weighted by molar-refractivity contribution is 7.80. The van der Waals surface area contributed by atoms with Crippen molar-refractivity contribution in [1.29, 1.82) is 5.26 Å². The van der Waals surface area contributed by atoms with Gasteiger partial charge in [0, 0.05) is 4.90 Å². The van der Waals surface area contributed by atoms with E-state index in [1.165, 1.54) is 7.11 Å². The van der Waals surface area contributed by atoms with Crippen LogP contribution in [0.15, 0.2) is 17.0 Å². The molecule has 0 aliphatic heterocycles. The van der Waals surface area contributed by atoms with E-state index in [1.54, 1.807) is 12.1 Å². The number of aliphatic hydroxyl groups is 1. The number of carbonyl (C=O) groups is 1. The lowest BCUT2D eigenvalue weighted by molar-refractivity contribution is -0.139. The van der Waals surface area contributed by atoms with Gasteiger partial charge < -0.3 is 9.84 Å². The Hall–Kier alpha value is -1.51. The topological polar surface area (TPSA) is 70.3 Å². The van der Waals surface area contributed by atoms with E-state index in [4.69, 9.17) is 10.4 Å². The number of esters is 1. The van der Waals surface area contributed by atoms with Crippen molar-refractivity contribution in [2.24, 2.45) is 0 Å². The number of hydrogen-bond acceptors (Lipinski definition) is 5. The molecule has 0 unspecified atom stereocenters. The van der Waals surface area contributed by atoms with Gasteiger partial charge in [-0.25, -0.2) is 0 Å². The average molecular weight is 237 g/mol. The van der Waals surface area contributed by atoms with Crippen LogP contribution in [0, 0.1) is 11.3 Å². The molecule has 1 aromatic rings. The molecular formula is C11H11NO3S. The number of aliphatic hydroxyl groups excluding tert-OH is 1. The van der Waals surface area contributed by atoms with E-state index in [0.29, 0.717) is 21.6 Å². The normalized spacial score (nSPS) is 9.62. The standard InChI is InChI=1S/C11H11NO3S/c1-15-11(14)4-8-7(6-13)2-3-10(16)9(8)5-12/h2-3,13,16H,4,6H2,1H3. The van der Waals surface area contributed by atoms with E-state index >= 15 is 0 Å². The van der Waals surface area contributed by atoms with Gasteiger partial charge in [0.1, 0.15) is 6.07 Å². The quantitative estimate of drug-likeness (QED) is 0.609. The fourth-order valence-electron chi connectivity index (χ4n) is 1.37. The van der Waals surface area contributed by atoms with E-state index in [9.17, 15) is 4.79 Å². The summed E-state index contributed by atoms with van der Waals surface area (Å²) in [5.41, 5.74) is 1.32. The molecule has 5 heteroatoms. The second-order valence-electron chi connectivity index (χ2n) is 3.12. The fraction of sp³-hybridized carbons (Fsp3) is 0.273. The summed E-state index contributed by atoms with van der Waals surface area (Å²) in [6.45, 7) is -0.227. The Morgan fingerprint density at radius 1 is 1.62 bits per heavy atom. The van der Waals surface area contributed by atoms with Gasteiger partial charge in [-0.2, -0.15) is 5.26 Å². The number of nitrogens with zero attached hydrogens (tertiary/aromatic N) is 1. The minimum absolute atomic E-state index is 0.0380. The molecule has 84 valence electrons. The van der Waals surface area contributed by atoms with Gasteiger partial charge in [-0.3, -0.25) is 4.79 Å². The van der Waals surface area contributed by atoms with Gasteiger partial charge >= 0.3 is 5.97 Å². The Kier molecular flexibility index (Phi) is 4.35. The van der Waals surface area contributed by atoms with Gasteiger partial charge in [0.15, 0.2) is 0 Å². The molecule has 4 nitrogen and oxygen atoms in total. The zero-order chi connectivity index (χ0) is 12.1. The predicted octanol–water partition coefficient (Wildman–Crippen LogP) is 1.05. The minimum atomic E-state index is -0.454. The Bertz CT molecular complexity index is 451. The molecule has 0 aliphatic rings. The van der Waals surface area contributed by atoms with Crippen molar-refractivity contribution in [3.05, 3.63) is 28.8 Å². The molecule has 1 aromatic carbocycles. The Morgan fingerprint density at radius 2 is 2.31 bits per heavy atom. The maximum Gasteiger partial charge on any atom is 0.310 e. The summed E-state index contributed by atoms with van der Waals surface area (Å²) in [5, 5.41) is 18.1. The highest BCUT2D eigenvalue weighted by atomic mass is 32.1. The van der Waals surface area contributed by atoms with Gasteiger partial charge in [-0.05, 0) is 17.2 Å². The number of hydrogen-bond donors (Lipinski definition) is 2. The molecule has 0 atom stereocenters. The van der Waals surface area contributed by atoms with E-state index in [0.717, 1.165) is 0 Å². The number of thiol groups is 1. The molecule has 0 bridgehead atoms. The molecule has 1 rings (SSSR count). The van der Waals surface area contributed by atoms with Crippen molar-refractivity contribution in [3.8, 4) is 6.07 Å². The zero-order valence-electron chi connectivity index (χ0n) is 8.73. The predicted molar refractivity (Wildman–Crippen MR) is 60.1 cm³/mol. The monoisotopic (exact) mass is 237 g/mol. The lowest BCUT2D eigenvalue weighted by atomic mass is 9.99. The molecule has 0 spiro atoms. The van der Waals surface area contributed by atoms with Crippen LogP contribution in [0.25, 0.3) is 0 Å². The van der Waals surface area contributed by atoms with Gasteiger partial charge in [-0.15, -0.1) is 12.6 Å². The molecule has 0 aliphatic carbocycles. The first-order valence-electron chi connectivity index (χ1n) is 4.55. The number of methoxy groups -OCH3 is 1. The molecule has 0 heterocycles. The van der Waals surface area contributed by atoms with E-state index < -0.39 is 5.97 Å². The third kappa shape index (κ3) is 2.54. The van der Waals surface area contributed by atoms with Crippen LogP contribution in [0.5, 0.6) is 0 Å². The van der Waals surface area contributed by atoms with E-state index in [2.05, 4.69) is 17.4 Å². The van der Waals surface area contributed by atoms with Gasteiger partial charge in [0.05, 0.1) is 25.7 Å². The highest BCUT2D eigenvalue weighted by Gasteiger charge is 2.14. The first-order chi connectivity index (χ1) is 7.63. The third-order valence-electron chi connectivity index (χ3n) is 2.22. The van der Waals surface area contributed by atoms with Crippen LogP contribution in [0.4, 0.5) is 0 Å². The zero-order valence-corrected chi connectivity index (χ0v) is 9.62. The second-order valence-corrected chi connectivity index (χ2v) is 3.60. The summed E-state index contributed by atoms with van der Waals surface area (Å²) in [4.78, 5) is 11.7. The van der Waals surface area contributed by atoms with Gasteiger partial charge in [0.2, 0.25) is 0 Å². The van der Waals surface area contributed by atoms with Crippen LogP contribution in [0.2, 0.25) is 0 Å². The molecule has 0 saturated carbocycles. The Balaban J connectivity index is 3.26. The summed E-state index contributed by atoms with van der Waals surface area (Å²) in [6.07, 6.45) is -0.0380. The Morgan fingerprint density at radius 3 is 2.81 bits per heavy atom. The molecular weight excluding hydrogens is 226 g/mol. The van der Waals surface area contributed by atoms with Crippen molar-refractivity contribution in [2.45, 2.75) is 17.9 Å². The first kappa shape index (κ1) is 12.6. The molecule has 0 radical (unpaired) electrons. The van der Waals surface area contributed by atoms with Crippen LogP contribution < -0.4 is 0 Å². The number of ether oxygens (including phenoxy) is 1. The van der Waals surface area contributed by atoms with Crippen LogP contribution in [-0.4, -0.2) is 18.2 Å². The Labute approximate surface area is 98.9 Å². The van der Waals surface area contributed by atoms with Crippen molar-refractivity contribution in [2.75, 3.05) is 7.11 Å². The van der Waals surface area contributed by atoms with Crippen LogP contribution in [0.3, 0.4) is 0 Å². The SMILES string of the molecule is COC(=O)Cc1c(CO)ccc(S)c1C#N. The summed E-state index contributed by atoms with van der Waals surface area (Å²) in [6, 6.07) is 5.23. The average Bonchev–Trinajstić information content (AvgIpc) is 2.29. The fourth-order valence-corrected chi connectivity index (χ4v) is 1.63. The van der Waals surface area contributed by atoms with Gasteiger partial charge in [-0.1, -0.05) is 6.07 Å². The van der Waals surface area contributed by atoms with Crippen LogP contribution in [-0.2, 0) is 22.6 Å². The largest absolute Gasteiger partial charge is 0.469 e. The first-order valence-corrected chi connectivity index (χ1v) is 5.00.